The molecule has 104 valence electrons. The Morgan fingerprint density at radius 1 is 1.21 bits per heavy atom. The Balaban J connectivity index is 2.74. The molecule has 0 bridgehead atoms. The first-order valence-electron chi connectivity index (χ1n) is 6.59. The molecule has 0 saturated heterocycles. The minimum atomic E-state index is -0.992. The van der Waals surface area contributed by atoms with E-state index in [1.54, 1.807) is 12.1 Å². The lowest BCUT2D eigenvalue weighted by molar-refractivity contribution is -0.139. The lowest BCUT2D eigenvalue weighted by Gasteiger charge is -2.14. The summed E-state index contributed by atoms with van der Waals surface area (Å²) in [5.74, 6) is -0.922. The number of rotatable bonds is 6. The zero-order chi connectivity index (χ0) is 14.4. The molecule has 1 unspecified atom stereocenters. The molecule has 0 aromatic heterocycles. The molecule has 2 N–H and O–H groups in total. The van der Waals surface area contributed by atoms with Gasteiger partial charge in [-0.3, -0.25) is 4.79 Å². The molecule has 1 aromatic rings. The van der Waals surface area contributed by atoms with Crippen LogP contribution in [0.3, 0.4) is 0 Å². The second-order valence-electron chi connectivity index (χ2n) is 4.93. The predicted octanol–water partition coefficient (Wildman–Crippen LogP) is 2.79. The third-order valence-electron chi connectivity index (χ3n) is 3.02. The van der Waals surface area contributed by atoms with Crippen molar-refractivity contribution in [3.8, 4) is 0 Å². The average Bonchev–Trinajstić information content (AvgIpc) is 2.38. The van der Waals surface area contributed by atoms with Crippen molar-refractivity contribution in [1.82, 2.24) is 5.32 Å². The van der Waals surface area contributed by atoms with E-state index in [1.165, 1.54) is 0 Å². The fraction of sp³-hybridized carbons (Fsp3) is 0.467. The first-order chi connectivity index (χ1) is 8.95. The summed E-state index contributed by atoms with van der Waals surface area (Å²) in [5.41, 5.74) is 1.65. The zero-order valence-electron chi connectivity index (χ0n) is 11.6. The Labute approximate surface area is 113 Å². The highest BCUT2D eigenvalue weighted by Crippen LogP contribution is 2.14. The van der Waals surface area contributed by atoms with Gasteiger partial charge in [0.1, 0.15) is 6.04 Å². The van der Waals surface area contributed by atoms with E-state index in [-0.39, 0.29) is 5.91 Å². The number of carbonyl (C=O) groups is 2. The SMILES string of the molecule is CCCC(NC(=O)c1ccc(C(C)C)cc1)C(=O)O. The molecule has 0 fully saturated rings. The minimum Gasteiger partial charge on any atom is -0.480 e. The number of benzene rings is 1. The van der Waals surface area contributed by atoms with Crippen LogP contribution in [0, 0.1) is 0 Å². The molecule has 1 aromatic carbocycles. The lowest BCUT2D eigenvalue weighted by Crippen LogP contribution is -2.40. The van der Waals surface area contributed by atoms with Gasteiger partial charge in [-0.05, 0) is 30.0 Å². The number of carboxylic acid groups (broad SMARTS) is 1. The molecule has 0 aliphatic rings. The zero-order valence-corrected chi connectivity index (χ0v) is 11.6. The number of carbonyl (C=O) groups excluding carboxylic acids is 1. The highest BCUT2D eigenvalue weighted by Gasteiger charge is 2.19. The molecule has 4 nitrogen and oxygen atoms in total. The maximum absolute atomic E-state index is 11.9. The topological polar surface area (TPSA) is 66.4 Å². The van der Waals surface area contributed by atoms with Gasteiger partial charge in [0.05, 0.1) is 0 Å². The lowest BCUT2D eigenvalue weighted by atomic mass is 10.0. The van der Waals surface area contributed by atoms with Gasteiger partial charge >= 0.3 is 5.97 Å². The fourth-order valence-electron chi connectivity index (χ4n) is 1.81. The molecule has 4 heteroatoms. The van der Waals surface area contributed by atoms with Crippen molar-refractivity contribution in [3.63, 3.8) is 0 Å². The standard InChI is InChI=1S/C15H21NO3/c1-4-5-13(15(18)19)16-14(17)12-8-6-11(7-9-12)10(2)3/h6-10,13H,4-5H2,1-3H3,(H,16,17)(H,18,19). The van der Waals surface area contributed by atoms with Gasteiger partial charge in [0.2, 0.25) is 0 Å². The van der Waals surface area contributed by atoms with E-state index in [0.717, 1.165) is 5.56 Å². The average molecular weight is 263 g/mol. The van der Waals surface area contributed by atoms with Crippen molar-refractivity contribution in [2.45, 2.75) is 45.6 Å². The fourth-order valence-corrected chi connectivity index (χ4v) is 1.81. The normalized spacial score (nSPS) is 12.2. The Hall–Kier alpha value is -1.84. The van der Waals surface area contributed by atoms with Crippen molar-refractivity contribution in [2.24, 2.45) is 0 Å². The smallest absolute Gasteiger partial charge is 0.326 e. The van der Waals surface area contributed by atoms with Crippen LogP contribution in [0.2, 0.25) is 0 Å². The molecule has 0 spiro atoms. The van der Waals surface area contributed by atoms with Crippen LogP contribution >= 0.6 is 0 Å². The van der Waals surface area contributed by atoms with Crippen LogP contribution in [0.4, 0.5) is 0 Å². The summed E-state index contributed by atoms with van der Waals surface area (Å²) in [4.78, 5) is 22.9. The number of hydrogen-bond donors (Lipinski definition) is 2. The molecule has 1 rings (SSSR count). The monoisotopic (exact) mass is 263 g/mol. The number of hydrogen-bond acceptors (Lipinski definition) is 2. The number of nitrogens with one attached hydrogen (secondary N) is 1. The molecule has 0 heterocycles. The van der Waals surface area contributed by atoms with E-state index in [4.69, 9.17) is 5.11 Å². The van der Waals surface area contributed by atoms with Crippen LogP contribution in [-0.4, -0.2) is 23.0 Å². The van der Waals surface area contributed by atoms with E-state index in [9.17, 15) is 9.59 Å². The summed E-state index contributed by atoms with van der Waals surface area (Å²) in [6.07, 6.45) is 1.15. The Kier molecular flexibility index (Phi) is 5.55. The third-order valence-corrected chi connectivity index (χ3v) is 3.02. The highest BCUT2D eigenvalue weighted by molar-refractivity contribution is 5.96. The summed E-state index contributed by atoms with van der Waals surface area (Å²) >= 11 is 0. The van der Waals surface area contributed by atoms with Crippen LogP contribution < -0.4 is 5.32 Å². The van der Waals surface area contributed by atoms with Crippen molar-refractivity contribution in [1.29, 1.82) is 0 Å². The maximum atomic E-state index is 11.9. The molecule has 0 aliphatic heterocycles. The molecular formula is C15H21NO3. The van der Waals surface area contributed by atoms with Crippen LogP contribution in [0.5, 0.6) is 0 Å². The summed E-state index contributed by atoms with van der Waals surface area (Å²) in [5, 5.41) is 11.5. The van der Waals surface area contributed by atoms with Gasteiger partial charge in [-0.25, -0.2) is 4.79 Å². The van der Waals surface area contributed by atoms with Crippen molar-refractivity contribution in [3.05, 3.63) is 35.4 Å². The van der Waals surface area contributed by atoms with Gasteiger partial charge < -0.3 is 10.4 Å². The van der Waals surface area contributed by atoms with Gasteiger partial charge in [-0.2, -0.15) is 0 Å². The van der Waals surface area contributed by atoms with Crippen LogP contribution in [-0.2, 0) is 4.79 Å². The summed E-state index contributed by atoms with van der Waals surface area (Å²) in [6.45, 7) is 6.05. The summed E-state index contributed by atoms with van der Waals surface area (Å²) in [7, 11) is 0. The molecule has 0 radical (unpaired) electrons. The second-order valence-corrected chi connectivity index (χ2v) is 4.93. The van der Waals surface area contributed by atoms with Crippen LogP contribution in [0.25, 0.3) is 0 Å². The summed E-state index contributed by atoms with van der Waals surface area (Å²) < 4.78 is 0. The first-order valence-corrected chi connectivity index (χ1v) is 6.59. The van der Waals surface area contributed by atoms with Crippen molar-refractivity contribution >= 4 is 11.9 Å². The van der Waals surface area contributed by atoms with Gasteiger partial charge in [-0.15, -0.1) is 0 Å². The number of aliphatic carboxylic acids is 1. The van der Waals surface area contributed by atoms with E-state index in [1.807, 2.05) is 19.1 Å². The van der Waals surface area contributed by atoms with Crippen LogP contribution in [0.15, 0.2) is 24.3 Å². The quantitative estimate of drug-likeness (QED) is 0.829. The maximum Gasteiger partial charge on any atom is 0.326 e. The highest BCUT2D eigenvalue weighted by atomic mass is 16.4. The summed E-state index contributed by atoms with van der Waals surface area (Å²) in [6, 6.07) is 6.44. The Bertz CT molecular complexity index is 437. The van der Waals surface area contributed by atoms with E-state index in [0.29, 0.717) is 24.3 Å². The van der Waals surface area contributed by atoms with Crippen LogP contribution in [0.1, 0.15) is 55.5 Å². The van der Waals surface area contributed by atoms with Gasteiger partial charge in [0.15, 0.2) is 0 Å². The largest absolute Gasteiger partial charge is 0.480 e. The molecular weight excluding hydrogens is 242 g/mol. The first kappa shape index (κ1) is 15.2. The third kappa shape index (κ3) is 4.39. The van der Waals surface area contributed by atoms with Gasteiger partial charge in [0, 0.05) is 5.56 Å². The Morgan fingerprint density at radius 3 is 2.21 bits per heavy atom. The van der Waals surface area contributed by atoms with E-state index >= 15 is 0 Å². The van der Waals surface area contributed by atoms with Gasteiger partial charge in [-0.1, -0.05) is 39.3 Å². The molecule has 0 aliphatic carbocycles. The minimum absolute atomic E-state index is 0.337. The van der Waals surface area contributed by atoms with E-state index < -0.39 is 12.0 Å². The molecule has 0 saturated carbocycles. The number of amides is 1. The molecule has 1 atom stereocenters. The second kappa shape index (κ2) is 6.92. The molecule has 19 heavy (non-hydrogen) atoms. The number of carboxylic acids is 1. The Morgan fingerprint density at radius 2 is 1.79 bits per heavy atom. The van der Waals surface area contributed by atoms with E-state index in [2.05, 4.69) is 19.2 Å². The van der Waals surface area contributed by atoms with Crippen molar-refractivity contribution in [2.75, 3.05) is 0 Å². The van der Waals surface area contributed by atoms with Crippen molar-refractivity contribution < 1.29 is 14.7 Å². The van der Waals surface area contributed by atoms with Gasteiger partial charge in [0.25, 0.3) is 5.91 Å². The molecule has 1 amide bonds. The predicted molar refractivity (Wildman–Crippen MR) is 74.3 cm³/mol.